The number of rotatable bonds is 8. The Kier molecular flexibility index (Phi) is 8.25. The van der Waals surface area contributed by atoms with Crippen LogP contribution in [0.25, 0.3) is 12.2 Å². The van der Waals surface area contributed by atoms with Crippen molar-refractivity contribution in [1.29, 1.82) is 0 Å². The summed E-state index contributed by atoms with van der Waals surface area (Å²) >= 11 is 0. The van der Waals surface area contributed by atoms with Crippen LogP contribution in [0.5, 0.6) is 0 Å². The van der Waals surface area contributed by atoms with Gasteiger partial charge in [-0.1, -0.05) is 72.8 Å². The summed E-state index contributed by atoms with van der Waals surface area (Å²) in [5.41, 5.74) is 8.73. The summed E-state index contributed by atoms with van der Waals surface area (Å²) in [6.07, 6.45) is 10.2. The van der Waals surface area contributed by atoms with Crippen molar-refractivity contribution >= 4 is 36.4 Å². The number of aryl methyl sites for hydroxylation is 1. The van der Waals surface area contributed by atoms with E-state index in [1.165, 1.54) is 12.4 Å². The lowest BCUT2D eigenvalue weighted by Crippen LogP contribution is -2.20. The van der Waals surface area contributed by atoms with E-state index in [4.69, 9.17) is 0 Å². The van der Waals surface area contributed by atoms with E-state index in [2.05, 4.69) is 26.0 Å². The summed E-state index contributed by atoms with van der Waals surface area (Å²) in [5, 5.41) is 7.86. The molecule has 0 atom stereocenters. The number of benzene rings is 2. The first-order valence-corrected chi connectivity index (χ1v) is 10.4. The van der Waals surface area contributed by atoms with Crippen LogP contribution < -0.4 is 10.9 Å². The van der Waals surface area contributed by atoms with Crippen LogP contribution in [0.2, 0.25) is 0 Å². The molecule has 0 aliphatic heterocycles. The third-order valence-corrected chi connectivity index (χ3v) is 4.72. The molecule has 0 unspecified atom stereocenters. The van der Waals surface area contributed by atoms with Gasteiger partial charge in [0, 0.05) is 18.1 Å². The summed E-state index contributed by atoms with van der Waals surface area (Å²) in [7, 11) is 0. The van der Waals surface area contributed by atoms with Crippen molar-refractivity contribution in [3.8, 4) is 0 Å². The number of aromatic nitrogens is 1. The Morgan fingerprint density at radius 2 is 1.24 bits per heavy atom. The van der Waals surface area contributed by atoms with E-state index < -0.39 is 11.8 Å². The van der Waals surface area contributed by atoms with E-state index >= 15 is 0 Å². The zero-order chi connectivity index (χ0) is 23.5. The van der Waals surface area contributed by atoms with E-state index in [0.29, 0.717) is 16.8 Å². The number of amides is 2. The molecule has 0 aliphatic carbocycles. The monoisotopic (exact) mass is 439 g/mol. The first kappa shape index (κ1) is 23.1. The van der Waals surface area contributed by atoms with Crippen LogP contribution in [0.4, 0.5) is 0 Å². The van der Waals surface area contributed by atoms with Gasteiger partial charge in [-0.2, -0.15) is 10.2 Å². The van der Waals surface area contributed by atoms with E-state index in [1.54, 1.807) is 26.0 Å². The number of allylic oxidation sites excluding steroid dienone is 2. The molecule has 7 nitrogen and oxygen atoms in total. The maximum absolute atomic E-state index is 12.5. The van der Waals surface area contributed by atoms with Gasteiger partial charge in [-0.3, -0.25) is 9.59 Å². The van der Waals surface area contributed by atoms with Crippen molar-refractivity contribution in [3.05, 3.63) is 106 Å². The summed E-state index contributed by atoms with van der Waals surface area (Å²) in [5.74, 6) is -0.840. The van der Waals surface area contributed by atoms with Crippen molar-refractivity contribution in [2.45, 2.75) is 13.8 Å². The molecule has 0 spiro atoms. The molecule has 33 heavy (non-hydrogen) atoms. The Hall–Kier alpha value is -4.52. The number of aromatic amines is 1. The number of H-pyrrole nitrogens is 1. The van der Waals surface area contributed by atoms with Crippen molar-refractivity contribution < 1.29 is 9.59 Å². The summed E-state index contributed by atoms with van der Waals surface area (Å²) in [6, 6.07) is 19.5. The third-order valence-electron chi connectivity index (χ3n) is 4.72. The van der Waals surface area contributed by atoms with Gasteiger partial charge in [0.2, 0.25) is 0 Å². The molecule has 2 aromatic carbocycles. The molecular weight excluding hydrogens is 414 g/mol. The van der Waals surface area contributed by atoms with E-state index in [9.17, 15) is 9.59 Å². The zero-order valence-electron chi connectivity index (χ0n) is 18.4. The van der Waals surface area contributed by atoms with Crippen LogP contribution in [0.1, 0.15) is 43.2 Å². The normalized spacial score (nSPS) is 11.7. The zero-order valence-corrected chi connectivity index (χ0v) is 18.4. The van der Waals surface area contributed by atoms with E-state index in [0.717, 1.165) is 11.1 Å². The maximum Gasteiger partial charge on any atom is 0.288 e. The molecule has 166 valence electrons. The summed E-state index contributed by atoms with van der Waals surface area (Å²) in [6.45, 7) is 3.43. The molecule has 1 heterocycles. The lowest BCUT2D eigenvalue weighted by Gasteiger charge is -2.01. The van der Waals surface area contributed by atoms with Gasteiger partial charge in [0.25, 0.3) is 11.8 Å². The molecule has 0 saturated carbocycles. The second kappa shape index (κ2) is 11.8. The lowest BCUT2D eigenvalue weighted by molar-refractivity contribution is 0.0948. The molecule has 3 rings (SSSR count). The number of hydrazone groups is 2. The largest absolute Gasteiger partial charge is 0.354 e. The second-order valence-electron chi connectivity index (χ2n) is 7.10. The number of nitrogens with zero attached hydrogens (tertiary/aromatic N) is 2. The van der Waals surface area contributed by atoms with Gasteiger partial charge in [0.15, 0.2) is 0 Å². The van der Waals surface area contributed by atoms with E-state index in [-0.39, 0.29) is 5.69 Å². The fourth-order valence-electron chi connectivity index (χ4n) is 3.14. The van der Waals surface area contributed by atoms with Crippen LogP contribution in [0, 0.1) is 13.8 Å². The maximum atomic E-state index is 12.5. The highest BCUT2D eigenvalue weighted by Crippen LogP contribution is 2.17. The van der Waals surface area contributed by atoms with Crippen LogP contribution in [-0.4, -0.2) is 29.2 Å². The average Bonchev–Trinajstić information content (AvgIpc) is 3.13. The first-order valence-electron chi connectivity index (χ1n) is 10.4. The smallest absolute Gasteiger partial charge is 0.288 e. The van der Waals surface area contributed by atoms with Gasteiger partial charge in [0.1, 0.15) is 5.69 Å². The molecule has 3 N–H and O–H groups in total. The van der Waals surface area contributed by atoms with Gasteiger partial charge >= 0.3 is 0 Å². The predicted molar refractivity (Wildman–Crippen MR) is 133 cm³/mol. The SMILES string of the molecule is Cc1[nH]c(C(=O)N/N=C\C=C\c2ccccc2)c(C)c1C(=O)N/N=C\C=C\c1ccccc1. The van der Waals surface area contributed by atoms with Gasteiger partial charge in [-0.15, -0.1) is 0 Å². The molecule has 7 heteroatoms. The highest BCUT2D eigenvalue weighted by atomic mass is 16.2. The Bertz CT molecular complexity index is 1210. The van der Waals surface area contributed by atoms with Crippen molar-refractivity contribution in [2.24, 2.45) is 10.2 Å². The van der Waals surface area contributed by atoms with Gasteiger partial charge in [0.05, 0.1) is 5.56 Å². The topological polar surface area (TPSA) is 98.7 Å². The quantitative estimate of drug-likeness (QED) is 0.356. The van der Waals surface area contributed by atoms with Crippen LogP contribution in [0.15, 0.2) is 83.0 Å². The molecule has 0 radical (unpaired) electrons. The summed E-state index contributed by atoms with van der Waals surface area (Å²) < 4.78 is 0. The Morgan fingerprint density at radius 3 is 1.76 bits per heavy atom. The molecule has 0 bridgehead atoms. The summed E-state index contributed by atoms with van der Waals surface area (Å²) in [4.78, 5) is 28.0. The number of carbonyl (C=O) groups is 2. The Morgan fingerprint density at radius 1 is 0.758 bits per heavy atom. The Balaban J connectivity index is 1.56. The minimum Gasteiger partial charge on any atom is -0.354 e. The molecule has 3 aromatic rings. The number of hydrogen-bond acceptors (Lipinski definition) is 4. The van der Waals surface area contributed by atoms with Gasteiger partial charge < -0.3 is 4.98 Å². The minimum absolute atomic E-state index is 0.273. The highest BCUT2D eigenvalue weighted by Gasteiger charge is 2.21. The fourth-order valence-corrected chi connectivity index (χ4v) is 3.14. The van der Waals surface area contributed by atoms with Crippen LogP contribution in [-0.2, 0) is 0 Å². The number of hydrogen-bond donors (Lipinski definition) is 3. The molecule has 0 aliphatic rings. The molecule has 0 fully saturated rings. The van der Waals surface area contributed by atoms with Crippen molar-refractivity contribution in [3.63, 3.8) is 0 Å². The first-order chi connectivity index (χ1) is 16.1. The minimum atomic E-state index is -0.437. The highest BCUT2D eigenvalue weighted by molar-refractivity contribution is 6.02. The fraction of sp³-hybridized carbons (Fsp3) is 0.0769. The second-order valence-corrected chi connectivity index (χ2v) is 7.10. The van der Waals surface area contributed by atoms with Crippen molar-refractivity contribution in [1.82, 2.24) is 15.8 Å². The molecule has 1 aromatic heterocycles. The standard InChI is InChI=1S/C26H25N5O2/c1-19-23(25(32)30-27-17-9-15-21-11-5-3-6-12-21)20(2)29-24(19)26(33)31-28-18-10-16-22-13-7-4-8-14-22/h3-18,29H,1-2H3,(H,30,32)(H,31,33)/b15-9+,16-10+,27-17-,28-18-. The van der Waals surface area contributed by atoms with Gasteiger partial charge in [-0.25, -0.2) is 10.9 Å². The van der Waals surface area contributed by atoms with Crippen LogP contribution in [0.3, 0.4) is 0 Å². The molecule has 0 saturated heterocycles. The van der Waals surface area contributed by atoms with Crippen molar-refractivity contribution in [2.75, 3.05) is 0 Å². The number of nitrogens with one attached hydrogen (secondary N) is 3. The average molecular weight is 440 g/mol. The van der Waals surface area contributed by atoms with Gasteiger partial charge in [-0.05, 0) is 42.7 Å². The molecular formula is C26H25N5O2. The Labute approximate surface area is 192 Å². The van der Waals surface area contributed by atoms with Crippen LogP contribution >= 0.6 is 0 Å². The predicted octanol–water partition coefficient (Wildman–Crippen LogP) is 4.49. The third kappa shape index (κ3) is 6.73. The van der Waals surface area contributed by atoms with E-state index in [1.807, 2.05) is 72.8 Å². The lowest BCUT2D eigenvalue weighted by atomic mass is 10.1. The number of carbonyl (C=O) groups excluding carboxylic acids is 2. The molecule has 2 amide bonds.